The summed E-state index contributed by atoms with van der Waals surface area (Å²) in [6.45, 7) is 0. The monoisotopic (exact) mass is 363 g/mol. The molecular weight excluding hydrogens is 347 g/mol. The van der Waals surface area contributed by atoms with E-state index < -0.39 is 7.94 Å². The minimum atomic E-state index is -2.59. The van der Waals surface area contributed by atoms with E-state index in [4.69, 9.17) is 4.62 Å². The number of nitrogens with zero attached hydrogens (tertiary/aromatic N) is 6. The van der Waals surface area contributed by atoms with Crippen LogP contribution in [-0.4, -0.2) is 28.2 Å². The maximum absolute atomic E-state index is 6.63. The van der Waals surface area contributed by atoms with Gasteiger partial charge in [-0.3, -0.25) is 0 Å². The van der Waals surface area contributed by atoms with E-state index in [2.05, 4.69) is 23.3 Å². The van der Waals surface area contributed by atoms with Gasteiger partial charge in [0.1, 0.15) is 11.0 Å². The Bertz CT molecular complexity index is 1030. The predicted octanol–water partition coefficient (Wildman–Crippen LogP) is 3.59. The molecule has 0 aliphatic heterocycles. The van der Waals surface area contributed by atoms with Crippen LogP contribution in [0.2, 0.25) is 0 Å². The second-order valence-electron chi connectivity index (χ2n) is 5.74. The molecule has 0 saturated heterocycles. The van der Waals surface area contributed by atoms with E-state index in [1.54, 1.807) is 0 Å². The van der Waals surface area contributed by atoms with Crippen molar-refractivity contribution in [1.29, 1.82) is 0 Å². The molecule has 0 bridgehead atoms. The van der Waals surface area contributed by atoms with Crippen LogP contribution in [0.15, 0.2) is 97.8 Å². The number of hydrogen-bond donors (Lipinski definition) is 0. The third kappa shape index (κ3) is 2.18. The van der Waals surface area contributed by atoms with Crippen molar-refractivity contribution in [2.45, 2.75) is 0 Å². The van der Waals surface area contributed by atoms with Crippen molar-refractivity contribution in [1.82, 2.24) is 28.2 Å². The Kier molecular flexibility index (Phi) is 3.40. The van der Waals surface area contributed by atoms with Gasteiger partial charge < -0.3 is 0 Å². The van der Waals surface area contributed by atoms with Crippen molar-refractivity contribution in [3.63, 3.8) is 0 Å². The molecule has 1 aromatic carbocycles. The molecule has 4 aromatic heterocycles. The van der Waals surface area contributed by atoms with Crippen LogP contribution in [0.5, 0.6) is 0 Å². The van der Waals surface area contributed by atoms with Crippen molar-refractivity contribution in [2.24, 2.45) is 0 Å². The third-order valence-electron chi connectivity index (χ3n) is 4.18. The zero-order valence-electron chi connectivity index (χ0n) is 13.8. The van der Waals surface area contributed by atoms with Crippen molar-refractivity contribution in [2.75, 3.05) is 0 Å². The summed E-state index contributed by atoms with van der Waals surface area (Å²) >= 11 is 0. The van der Waals surface area contributed by atoms with E-state index in [1.807, 2.05) is 97.8 Å². The van der Waals surface area contributed by atoms with Crippen LogP contribution in [-0.2, 0) is 0 Å². The van der Waals surface area contributed by atoms with E-state index in [-0.39, 0.29) is 0 Å². The SMILES string of the molecule is c1ccc2c(c1)nnn2O[P+](n1cccc1)(n1cccc1)n1cccc1. The van der Waals surface area contributed by atoms with E-state index in [9.17, 15) is 0 Å². The second kappa shape index (κ2) is 5.89. The lowest BCUT2D eigenvalue weighted by Crippen LogP contribution is -2.28. The highest BCUT2D eigenvalue weighted by Gasteiger charge is 2.51. The summed E-state index contributed by atoms with van der Waals surface area (Å²) in [4.78, 5) is 1.52. The average molecular weight is 363 g/mol. The summed E-state index contributed by atoms with van der Waals surface area (Å²) in [5, 5.41) is 8.47. The molecule has 0 fully saturated rings. The summed E-state index contributed by atoms with van der Waals surface area (Å²) in [6.07, 6.45) is 12.0. The normalized spacial score (nSPS) is 11.8. The molecule has 0 aliphatic carbocycles. The molecule has 0 amide bonds. The molecule has 128 valence electrons. The molecule has 8 heteroatoms. The molecule has 26 heavy (non-hydrogen) atoms. The van der Waals surface area contributed by atoms with Gasteiger partial charge in [0.25, 0.3) is 0 Å². The minimum Gasteiger partial charge on any atom is -0.164 e. The van der Waals surface area contributed by atoms with Crippen LogP contribution in [0.3, 0.4) is 0 Å². The van der Waals surface area contributed by atoms with Crippen molar-refractivity contribution in [3.8, 4) is 0 Å². The lowest BCUT2D eigenvalue weighted by Gasteiger charge is -2.24. The van der Waals surface area contributed by atoms with Gasteiger partial charge in [-0.05, 0) is 58.6 Å². The first-order valence-corrected chi connectivity index (χ1v) is 9.75. The van der Waals surface area contributed by atoms with Crippen molar-refractivity contribution in [3.05, 3.63) is 97.8 Å². The van der Waals surface area contributed by atoms with Crippen LogP contribution >= 0.6 is 7.94 Å². The molecule has 0 atom stereocenters. The largest absolute Gasteiger partial charge is 0.532 e. The van der Waals surface area contributed by atoms with Gasteiger partial charge in [-0.1, -0.05) is 12.1 Å². The number of para-hydroxylation sites is 1. The fourth-order valence-corrected chi connectivity index (χ4v) is 5.79. The second-order valence-corrected chi connectivity index (χ2v) is 8.31. The summed E-state index contributed by atoms with van der Waals surface area (Å²) < 4.78 is 12.9. The van der Waals surface area contributed by atoms with Gasteiger partial charge in [-0.15, -0.1) is 5.10 Å². The molecular formula is C18H16N6OP+. The molecule has 0 saturated carbocycles. The maximum Gasteiger partial charge on any atom is 0.532 e. The quantitative estimate of drug-likeness (QED) is 0.449. The first-order chi connectivity index (χ1) is 12.9. The standard InChI is InChI=1S/C18H16N6OP/c1-2-10-18-17(9-1)19-20-24(18)25-26(21-11-3-4-12-21,22-13-5-6-14-22)23-15-7-8-16-23/h1-16H/q+1. The van der Waals surface area contributed by atoms with Crippen molar-refractivity contribution < 1.29 is 4.62 Å². The number of benzene rings is 1. The molecule has 0 N–H and O–H groups in total. The summed E-state index contributed by atoms with van der Waals surface area (Å²) in [6, 6.07) is 19.7. The summed E-state index contributed by atoms with van der Waals surface area (Å²) in [5.41, 5.74) is 1.61. The van der Waals surface area contributed by atoms with E-state index in [0.29, 0.717) is 0 Å². The fourth-order valence-electron chi connectivity index (χ4n) is 2.99. The van der Waals surface area contributed by atoms with E-state index in [1.165, 1.54) is 4.85 Å². The molecule has 0 unspecified atom stereocenters. The maximum atomic E-state index is 6.63. The molecule has 0 aliphatic rings. The zero-order chi connectivity index (χ0) is 17.4. The Balaban J connectivity index is 1.76. The number of rotatable bonds is 5. The van der Waals surface area contributed by atoms with Crippen LogP contribution in [0.4, 0.5) is 0 Å². The van der Waals surface area contributed by atoms with Gasteiger partial charge in [0.2, 0.25) is 0 Å². The molecule has 4 heterocycles. The Morgan fingerprint density at radius 2 is 1.15 bits per heavy atom. The smallest absolute Gasteiger partial charge is 0.164 e. The first-order valence-electron chi connectivity index (χ1n) is 8.19. The third-order valence-corrected chi connectivity index (χ3v) is 7.16. The Labute approximate surface area is 150 Å². The lowest BCUT2D eigenvalue weighted by molar-refractivity contribution is 0.243. The molecule has 7 nitrogen and oxygen atoms in total. The highest BCUT2D eigenvalue weighted by Crippen LogP contribution is 2.60. The topological polar surface area (TPSA) is 54.7 Å². The summed E-state index contributed by atoms with van der Waals surface area (Å²) in [5.74, 6) is 0. The van der Waals surface area contributed by atoms with E-state index in [0.717, 1.165) is 11.0 Å². The first kappa shape index (κ1) is 15.0. The highest BCUT2D eigenvalue weighted by atomic mass is 31.2. The molecule has 0 spiro atoms. The van der Waals surface area contributed by atoms with Crippen LogP contribution < -0.4 is 4.62 Å². The van der Waals surface area contributed by atoms with Gasteiger partial charge in [0.15, 0.2) is 0 Å². The Morgan fingerprint density at radius 3 is 1.69 bits per heavy atom. The fraction of sp³-hybridized carbons (Fsp3) is 0. The number of fused-ring (bicyclic) bond motifs is 1. The highest BCUT2D eigenvalue weighted by molar-refractivity contribution is 7.66. The lowest BCUT2D eigenvalue weighted by atomic mass is 10.3. The van der Waals surface area contributed by atoms with Crippen molar-refractivity contribution >= 4 is 19.0 Å². The summed E-state index contributed by atoms with van der Waals surface area (Å²) in [7, 11) is -2.59. The minimum absolute atomic E-state index is 0.790. The number of hydrogen-bond acceptors (Lipinski definition) is 3. The number of aromatic nitrogens is 6. The van der Waals surface area contributed by atoms with Crippen LogP contribution in [0.25, 0.3) is 11.0 Å². The van der Waals surface area contributed by atoms with Gasteiger partial charge in [0, 0.05) is 37.2 Å². The van der Waals surface area contributed by atoms with Gasteiger partial charge in [0.05, 0.1) is 0 Å². The van der Waals surface area contributed by atoms with E-state index >= 15 is 0 Å². The van der Waals surface area contributed by atoms with Crippen LogP contribution in [0, 0.1) is 0 Å². The molecule has 5 rings (SSSR count). The zero-order valence-corrected chi connectivity index (χ0v) is 14.7. The van der Waals surface area contributed by atoms with Gasteiger partial charge >= 0.3 is 7.94 Å². The van der Waals surface area contributed by atoms with Gasteiger partial charge in [-0.25, -0.2) is 0 Å². The molecule has 5 aromatic rings. The average Bonchev–Trinajstić information content (AvgIpc) is 3.49. The molecule has 0 radical (unpaired) electrons. The Morgan fingerprint density at radius 1 is 0.654 bits per heavy atom. The van der Waals surface area contributed by atoms with Crippen LogP contribution in [0.1, 0.15) is 0 Å². The van der Waals surface area contributed by atoms with Gasteiger partial charge in [-0.2, -0.15) is 17.6 Å². The predicted molar refractivity (Wildman–Crippen MR) is 101 cm³/mol. The Hall–Kier alpha value is -3.31.